The van der Waals surface area contributed by atoms with Crippen molar-refractivity contribution in [3.63, 3.8) is 0 Å². The van der Waals surface area contributed by atoms with Crippen LogP contribution in [0.15, 0.2) is 12.2 Å². The van der Waals surface area contributed by atoms with Gasteiger partial charge in [0.2, 0.25) is 0 Å². The molecule has 9 heavy (non-hydrogen) atoms. The molecule has 0 heterocycles. The number of hydrogen-bond donors (Lipinski definition) is 0. The molecule has 0 heteroatoms. The predicted octanol–water partition coefficient (Wildman–Crippen LogP) is 2.36. The van der Waals surface area contributed by atoms with Gasteiger partial charge in [-0.1, -0.05) is 12.2 Å². The lowest BCUT2D eigenvalue weighted by atomic mass is 9.86. The Bertz CT molecular complexity index is 158. The van der Waals surface area contributed by atoms with Crippen LogP contribution in [0.25, 0.3) is 0 Å². The summed E-state index contributed by atoms with van der Waals surface area (Å²) in [6, 6.07) is 0. The SMILES string of the molecule is C1=CC2CC3(CC3)CC12. The van der Waals surface area contributed by atoms with Gasteiger partial charge in [0.15, 0.2) is 0 Å². The molecule has 0 saturated heterocycles. The van der Waals surface area contributed by atoms with Crippen LogP contribution < -0.4 is 0 Å². The molecule has 0 amide bonds. The normalized spacial score (nSPS) is 48.9. The number of fused-ring (bicyclic) bond motifs is 1. The summed E-state index contributed by atoms with van der Waals surface area (Å²) in [4.78, 5) is 0. The predicted molar refractivity (Wildman–Crippen MR) is 37.0 cm³/mol. The first-order chi connectivity index (χ1) is 4.38. The maximum absolute atomic E-state index is 2.41. The van der Waals surface area contributed by atoms with Crippen molar-refractivity contribution in [3.8, 4) is 0 Å². The van der Waals surface area contributed by atoms with Crippen LogP contribution in [-0.4, -0.2) is 0 Å². The minimum Gasteiger partial charge on any atom is -0.0845 e. The number of hydrogen-bond acceptors (Lipinski definition) is 0. The van der Waals surface area contributed by atoms with E-state index in [2.05, 4.69) is 12.2 Å². The molecule has 2 unspecified atom stereocenters. The standard InChI is InChI=1S/C9H12/c1-2-8-6-9(3-4-9)5-7(1)8/h1-2,7-8H,3-6H2. The Morgan fingerprint density at radius 3 is 1.89 bits per heavy atom. The molecule has 3 aliphatic rings. The van der Waals surface area contributed by atoms with Gasteiger partial charge in [0.05, 0.1) is 0 Å². The maximum atomic E-state index is 2.41. The zero-order chi connectivity index (χ0) is 5.90. The first-order valence-electron chi connectivity index (χ1n) is 4.06. The lowest BCUT2D eigenvalue weighted by Crippen LogP contribution is -2.09. The largest absolute Gasteiger partial charge is 0.0845 e. The van der Waals surface area contributed by atoms with Crippen LogP contribution >= 0.6 is 0 Å². The molecule has 3 rings (SSSR count). The Labute approximate surface area is 56.0 Å². The third-order valence-corrected chi connectivity index (χ3v) is 3.45. The highest BCUT2D eigenvalue weighted by molar-refractivity contribution is 5.19. The van der Waals surface area contributed by atoms with Crippen molar-refractivity contribution in [1.82, 2.24) is 0 Å². The third-order valence-electron chi connectivity index (χ3n) is 3.45. The Balaban J connectivity index is 1.91. The smallest absolute Gasteiger partial charge is 0.0165 e. The van der Waals surface area contributed by atoms with Crippen LogP contribution in [0.5, 0.6) is 0 Å². The Hall–Kier alpha value is -0.260. The molecule has 0 aromatic carbocycles. The topological polar surface area (TPSA) is 0 Å². The first-order valence-corrected chi connectivity index (χ1v) is 4.06. The van der Waals surface area contributed by atoms with Crippen LogP contribution in [-0.2, 0) is 0 Å². The molecule has 0 radical (unpaired) electrons. The van der Waals surface area contributed by atoms with E-state index in [-0.39, 0.29) is 0 Å². The van der Waals surface area contributed by atoms with Crippen molar-refractivity contribution >= 4 is 0 Å². The van der Waals surface area contributed by atoms with E-state index in [0.717, 1.165) is 17.3 Å². The molecule has 0 nitrogen and oxygen atoms in total. The third kappa shape index (κ3) is 0.452. The van der Waals surface area contributed by atoms with E-state index in [9.17, 15) is 0 Å². The Morgan fingerprint density at radius 2 is 1.56 bits per heavy atom. The summed E-state index contributed by atoms with van der Waals surface area (Å²) in [6.07, 6.45) is 11.0. The van der Waals surface area contributed by atoms with Crippen LogP contribution in [0, 0.1) is 17.3 Å². The first kappa shape index (κ1) is 4.54. The lowest BCUT2D eigenvalue weighted by molar-refractivity contribution is 0.501. The van der Waals surface area contributed by atoms with Gasteiger partial charge >= 0.3 is 0 Å². The Morgan fingerprint density at radius 1 is 1.00 bits per heavy atom. The minimum atomic E-state index is 0.888. The summed E-state index contributed by atoms with van der Waals surface area (Å²) < 4.78 is 0. The van der Waals surface area contributed by atoms with Gasteiger partial charge in [0.25, 0.3) is 0 Å². The van der Waals surface area contributed by atoms with E-state index in [1.807, 2.05) is 0 Å². The zero-order valence-corrected chi connectivity index (χ0v) is 5.64. The van der Waals surface area contributed by atoms with Crippen LogP contribution in [0.4, 0.5) is 0 Å². The number of allylic oxidation sites excluding steroid dienone is 2. The van der Waals surface area contributed by atoms with Crippen LogP contribution in [0.3, 0.4) is 0 Å². The van der Waals surface area contributed by atoms with E-state index < -0.39 is 0 Å². The average Bonchev–Trinajstić information content (AvgIpc) is 2.52. The van der Waals surface area contributed by atoms with Gasteiger partial charge in [0.1, 0.15) is 0 Å². The van der Waals surface area contributed by atoms with E-state index in [4.69, 9.17) is 0 Å². The molecule has 2 atom stereocenters. The lowest BCUT2D eigenvalue weighted by Gasteiger charge is -2.19. The second-order valence-electron chi connectivity index (χ2n) is 4.12. The second kappa shape index (κ2) is 1.12. The van der Waals surface area contributed by atoms with Gasteiger partial charge in [-0.05, 0) is 42.9 Å². The van der Waals surface area contributed by atoms with Gasteiger partial charge in [-0.15, -0.1) is 0 Å². The molecule has 2 fully saturated rings. The van der Waals surface area contributed by atoms with Crippen molar-refractivity contribution in [1.29, 1.82) is 0 Å². The highest BCUT2D eigenvalue weighted by Crippen LogP contribution is 2.64. The van der Waals surface area contributed by atoms with Gasteiger partial charge in [-0.25, -0.2) is 0 Å². The van der Waals surface area contributed by atoms with E-state index in [1.54, 1.807) is 12.8 Å². The van der Waals surface area contributed by atoms with Crippen LogP contribution in [0.2, 0.25) is 0 Å². The highest BCUT2D eigenvalue weighted by Gasteiger charge is 2.53. The minimum absolute atomic E-state index is 0.888. The average molecular weight is 120 g/mol. The van der Waals surface area contributed by atoms with E-state index in [0.29, 0.717) is 0 Å². The molecule has 0 aliphatic heterocycles. The molecule has 1 spiro atoms. The van der Waals surface area contributed by atoms with Gasteiger partial charge in [0, 0.05) is 0 Å². The highest BCUT2D eigenvalue weighted by atomic mass is 14.6. The van der Waals surface area contributed by atoms with Crippen molar-refractivity contribution < 1.29 is 0 Å². The summed E-state index contributed by atoms with van der Waals surface area (Å²) >= 11 is 0. The fourth-order valence-corrected chi connectivity index (χ4v) is 2.53. The molecule has 0 N–H and O–H groups in total. The fraction of sp³-hybridized carbons (Fsp3) is 0.778. The molecule has 0 bridgehead atoms. The molecule has 0 aromatic heterocycles. The summed E-state index contributed by atoms with van der Waals surface area (Å²) in [5, 5.41) is 0. The molecule has 3 aliphatic carbocycles. The quantitative estimate of drug-likeness (QED) is 0.430. The van der Waals surface area contributed by atoms with Crippen molar-refractivity contribution in [3.05, 3.63) is 12.2 Å². The van der Waals surface area contributed by atoms with E-state index >= 15 is 0 Å². The number of rotatable bonds is 0. The monoisotopic (exact) mass is 120 g/mol. The van der Waals surface area contributed by atoms with Crippen LogP contribution in [0.1, 0.15) is 25.7 Å². The van der Waals surface area contributed by atoms with Crippen molar-refractivity contribution in [2.24, 2.45) is 17.3 Å². The van der Waals surface area contributed by atoms with Crippen molar-refractivity contribution in [2.45, 2.75) is 25.7 Å². The van der Waals surface area contributed by atoms with Gasteiger partial charge in [-0.2, -0.15) is 0 Å². The van der Waals surface area contributed by atoms with Gasteiger partial charge < -0.3 is 0 Å². The van der Waals surface area contributed by atoms with Gasteiger partial charge in [-0.3, -0.25) is 0 Å². The summed E-state index contributed by atoms with van der Waals surface area (Å²) in [7, 11) is 0. The molecular weight excluding hydrogens is 108 g/mol. The fourth-order valence-electron chi connectivity index (χ4n) is 2.53. The summed E-state index contributed by atoms with van der Waals surface area (Å²) in [6.45, 7) is 0. The van der Waals surface area contributed by atoms with E-state index in [1.165, 1.54) is 12.8 Å². The zero-order valence-electron chi connectivity index (χ0n) is 5.64. The Kier molecular flexibility index (Phi) is 0.564. The summed E-state index contributed by atoms with van der Waals surface area (Å²) in [5.74, 6) is 2.04. The summed E-state index contributed by atoms with van der Waals surface area (Å²) in [5.41, 5.74) is 0.888. The molecule has 0 aromatic rings. The molecular formula is C9H12. The maximum Gasteiger partial charge on any atom is -0.0165 e. The molecule has 48 valence electrons. The van der Waals surface area contributed by atoms with Crippen molar-refractivity contribution in [2.75, 3.05) is 0 Å². The molecule has 2 saturated carbocycles. The second-order valence-corrected chi connectivity index (χ2v) is 4.12.